The number of benzene rings is 1. The summed E-state index contributed by atoms with van der Waals surface area (Å²) in [6.45, 7) is 5.32. The Morgan fingerprint density at radius 2 is 2.25 bits per heavy atom. The molecule has 0 spiro atoms. The van der Waals surface area contributed by atoms with Crippen LogP contribution in [0.15, 0.2) is 18.2 Å². The normalized spacial score (nSPS) is 25.4. The van der Waals surface area contributed by atoms with Crippen molar-refractivity contribution in [1.82, 2.24) is 0 Å². The lowest BCUT2D eigenvalue weighted by Crippen LogP contribution is -2.34. The molecule has 0 aliphatic carbocycles. The summed E-state index contributed by atoms with van der Waals surface area (Å²) in [5, 5.41) is 0. The molecule has 0 amide bonds. The van der Waals surface area contributed by atoms with Gasteiger partial charge >= 0.3 is 0 Å². The highest BCUT2D eigenvalue weighted by Gasteiger charge is 2.24. The molecule has 0 saturated carbocycles. The Labute approximate surface area is 95.4 Å². The van der Waals surface area contributed by atoms with Crippen molar-refractivity contribution in [2.45, 2.75) is 26.4 Å². The fourth-order valence-corrected chi connectivity index (χ4v) is 1.95. The van der Waals surface area contributed by atoms with Crippen molar-refractivity contribution in [2.24, 2.45) is 5.92 Å². The number of hydrogen-bond donors (Lipinski definition) is 0. The lowest BCUT2D eigenvalue weighted by Gasteiger charge is -2.30. The van der Waals surface area contributed by atoms with E-state index in [-0.39, 0.29) is 11.9 Å². The van der Waals surface area contributed by atoms with Gasteiger partial charge in [-0.3, -0.25) is 0 Å². The lowest BCUT2D eigenvalue weighted by molar-refractivity contribution is -0.0179. The van der Waals surface area contributed by atoms with Crippen molar-refractivity contribution in [3.8, 4) is 5.75 Å². The Morgan fingerprint density at radius 3 is 2.94 bits per heavy atom. The molecule has 0 N–H and O–H groups in total. The Hall–Kier alpha value is -1.09. The van der Waals surface area contributed by atoms with Crippen molar-refractivity contribution >= 4 is 0 Å². The number of ether oxygens (including phenoxy) is 2. The smallest absolute Gasteiger partial charge is 0.165 e. The van der Waals surface area contributed by atoms with Crippen molar-refractivity contribution < 1.29 is 13.9 Å². The molecule has 0 bridgehead atoms. The number of aryl methyl sites for hydroxylation is 1. The maximum atomic E-state index is 13.6. The van der Waals surface area contributed by atoms with Crippen LogP contribution in [0.3, 0.4) is 0 Å². The molecule has 2 nitrogen and oxygen atoms in total. The maximum Gasteiger partial charge on any atom is 0.165 e. The van der Waals surface area contributed by atoms with Crippen LogP contribution in [-0.2, 0) is 4.74 Å². The van der Waals surface area contributed by atoms with Gasteiger partial charge in [0.1, 0.15) is 6.10 Å². The standard InChI is InChI=1S/C13H17FO2/c1-9-4-3-5-11(14)13(9)16-12-6-7-15-8-10(12)2/h3-5,10,12H,6-8H2,1-2H3/t10?,12-/m1/s1. The number of hydrogen-bond acceptors (Lipinski definition) is 2. The SMILES string of the molecule is Cc1cccc(F)c1O[C@@H]1CCOCC1C. The number of rotatable bonds is 2. The Morgan fingerprint density at radius 1 is 1.44 bits per heavy atom. The zero-order chi connectivity index (χ0) is 11.5. The predicted molar refractivity (Wildman–Crippen MR) is 60.2 cm³/mol. The van der Waals surface area contributed by atoms with Crippen LogP contribution in [-0.4, -0.2) is 19.3 Å². The molecule has 16 heavy (non-hydrogen) atoms. The Balaban J connectivity index is 2.13. The van der Waals surface area contributed by atoms with Crippen molar-refractivity contribution in [1.29, 1.82) is 0 Å². The van der Waals surface area contributed by atoms with Crippen LogP contribution < -0.4 is 4.74 Å². The summed E-state index contributed by atoms with van der Waals surface area (Å²) in [5.74, 6) is 0.424. The zero-order valence-electron chi connectivity index (χ0n) is 9.70. The average molecular weight is 224 g/mol. The van der Waals surface area contributed by atoms with Crippen molar-refractivity contribution in [2.75, 3.05) is 13.2 Å². The molecule has 2 atom stereocenters. The summed E-state index contributed by atoms with van der Waals surface area (Å²) >= 11 is 0. The van der Waals surface area contributed by atoms with E-state index < -0.39 is 0 Å². The maximum absolute atomic E-state index is 13.6. The highest BCUT2D eigenvalue weighted by atomic mass is 19.1. The third-order valence-corrected chi connectivity index (χ3v) is 3.00. The molecule has 1 aromatic rings. The topological polar surface area (TPSA) is 18.5 Å². The number of para-hydroxylation sites is 1. The number of halogens is 1. The third kappa shape index (κ3) is 2.35. The largest absolute Gasteiger partial charge is 0.487 e. The first-order chi connectivity index (χ1) is 7.68. The molecule has 1 unspecified atom stereocenters. The van der Waals surface area contributed by atoms with E-state index in [9.17, 15) is 4.39 Å². The second-order valence-electron chi connectivity index (χ2n) is 4.38. The van der Waals surface area contributed by atoms with Gasteiger partial charge in [-0.25, -0.2) is 4.39 Å². The molecule has 1 heterocycles. The minimum atomic E-state index is -0.279. The van der Waals surface area contributed by atoms with Gasteiger partial charge in [-0.1, -0.05) is 19.1 Å². The summed E-state index contributed by atoms with van der Waals surface area (Å²) in [5.41, 5.74) is 0.846. The van der Waals surface area contributed by atoms with Gasteiger partial charge in [0, 0.05) is 12.3 Å². The average Bonchev–Trinajstić information content (AvgIpc) is 2.26. The van der Waals surface area contributed by atoms with Crippen molar-refractivity contribution in [3.63, 3.8) is 0 Å². The van der Waals surface area contributed by atoms with Crippen LogP contribution in [0, 0.1) is 18.7 Å². The second-order valence-corrected chi connectivity index (χ2v) is 4.38. The van der Waals surface area contributed by atoms with Gasteiger partial charge in [0.2, 0.25) is 0 Å². The minimum Gasteiger partial charge on any atom is -0.487 e. The van der Waals surface area contributed by atoms with Gasteiger partial charge in [0.25, 0.3) is 0 Å². The van der Waals surface area contributed by atoms with Crippen LogP contribution in [0.1, 0.15) is 18.9 Å². The van der Waals surface area contributed by atoms with Crippen LogP contribution in [0.4, 0.5) is 4.39 Å². The summed E-state index contributed by atoms with van der Waals surface area (Å²) in [7, 11) is 0. The molecule has 1 aromatic carbocycles. The first-order valence-electron chi connectivity index (χ1n) is 5.68. The van der Waals surface area contributed by atoms with E-state index in [4.69, 9.17) is 9.47 Å². The van der Waals surface area contributed by atoms with Gasteiger partial charge in [-0.2, -0.15) is 0 Å². The van der Waals surface area contributed by atoms with E-state index in [2.05, 4.69) is 6.92 Å². The molecule has 0 radical (unpaired) electrons. The molecule has 1 fully saturated rings. The fraction of sp³-hybridized carbons (Fsp3) is 0.538. The van der Waals surface area contributed by atoms with Crippen LogP contribution >= 0.6 is 0 Å². The van der Waals surface area contributed by atoms with E-state index in [1.165, 1.54) is 6.07 Å². The van der Waals surface area contributed by atoms with Crippen molar-refractivity contribution in [3.05, 3.63) is 29.6 Å². The zero-order valence-corrected chi connectivity index (χ0v) is 9.70. The van der Waals surface area contributed by atoms with E-state index in [0.717, 1.165) is 12.0 Å². The molecule has 0 aromatic heterocycles. The Bertz CT molecular complexity index is 345. The van der Waals surface area contributed by atoms with E-state index in [1.807, 2.05) is 13.0 Å². The van der Waals surface area contributed by atoms with Crippen LogP contribution in [0.25, 0.3) is 0 Å². The highest BCUT2D eigenvalue weighted by Crippen LogP contribution is 2.27. The highest BCUT2D eigenvalue weighted by molar-refractivity contribution is 5.33. The molecule has 1 aliphatic heterocycles. The quantitative estimate of drug-likeness (QED) is 0.769. The summed E-state index contributed by atoms with van der Waals surface area (Å²) < 4.78 is 24.7. The molecule has 1 aliphatic rings. The molecule has 1 saturated heterocycles. The molecule has 2 rings (SSSR count). The van der Waals surface area contributed by atoms with Gasteiger partial charge in [0.15, 0.2) is 11.6 Å². The Kier molecular flexibility index (Phi) is 3.44. The van der Waals surface area contributed by atoms with Gasteiger partial charge < -0.3 is 9.47 Å². The van der Waals surface area contributed by atoms with E-state index in [0.29, 0.717) is 24.9 Å². The van der Waals surface area contributed by atoms with Gasteiger partial charge in [-0.05, 0) is 18.6 Å². The first kappa shape index (κ1) is 11.4. The lowest BCUT2D eigenvalue weighted by atomic mass is 10.0. The second kappa shape index (κ2) is 4.83. The van der Waals surface area contributed by atoms with Crippen LogP contribution in [0.2, 0.25) is 0 Å². The molecule has 3 heteroatoms. The van der Waals surface area contributed by atoms with E-state index >= 15 is 0 Å². The molecule has 88 valence electrons. The fourth-order valence-electron chi connectivity index (χ4n) is 1.95. The summed E-state index contributed by atoms with van der Waals surface area (Å²) in [6.07, 6.45) is 0.888. The summed E-state index contributed by atoms with van der Waals surface area (Å²) in [4.78, 5) is 0. The van der Waals surface area contributed by atoms with Gasteiger partial charge in [0.05, 0.1) is 13.2 Å². The predicted octanol–water partition coefficient (Wildman–Crippen LogP) is 2.94. The first-order valence-corrected chi connectivity index (χ1v) is 5.68. The van der Waals surface area contributed by atoms with Gasteiger partial charge in [-0.15, -0.1) is 0 Å². The monoisotopic (exact) mass is 224 g/mol. The molecular formula is C13H17FO2. The third-order valence-electron chi connectivity index (χ3n) is 3.00. The van der Waals surface area contributed by atoms with E-state index in [1.54, 1.807) is 6.07 Å². The van der Waals surface area contributed by atoms with Crippen LogP contribution in [0.5, 0.6) is 5.75 Å². The minimum absolute atomic E-state index is 0.0596. The summed E-state index contributed by atoms with van der Waals surface area (Å²) in [6, 6.07) is 5.00. The molecular weight excluding hydrogens is 207 g/mol.